The summed E-state index contributed by atoms with van der Waals surface area (Å²) in [6.07, 6.45) is 2.47. The Kier molecular flexibility index (Phi) is 8.48. The largest absolute Gasteiger partial charge is 0.352 e. The van der Waals surface area contributed by atoms with E-state index in [-0.39, 0.29) is 16.8 Å². The highest BCUT2D eigenvalue weighted by molar-refractivity contribution is 6.21. The first-order valence-electron chi connectivity index (χ1n) is 10.6. The summed E-state index contributed by atoms with van der Waals surface area (Å²) in [6, 6.07) is 25.3. The van der Waals surface area contributed by atoms with Crippen molar-refractivity contribution in [3.05, 3.63) is 117 Å². The number of nitro benzene ring substituents is 1. The summed E-state index contributed by atoms with van der Waals surface area (Å²) in [7, 11) is 0. The second-order valence-corrected chi connectivity index (χ2v) is 7.36. The molecule has 168 valence electrons. The maximum absolute atomic E-state index is 12.9. The Hall–Kier alpha value is -4.26. The third-order valence-electron chi connectivity index (χ3n) is 5.01. The maximum Gasteiger partial charge on any atom is 0.276 e. The molecular weight excluding hydrogens is 418 g/mol. The SMILES string of the molecule is O=C(NCCc1ccccc1)C(=Cc1ccccc1[N+](=O)[O-])C(=O)NCCc1ccccc1. The number of hydrogen-bond donors (Lipinski definition) is 2. The Morgan fingerprint density at radius 1 is 0.727 bits per heavy atom. The number of rotatable bonds is 10. The first kappa shape index (κ1) is 23.4. The Labute approximate surface area is 192 Å². The van der Waals surface area contributed by atoms with Crippen LogP contribution in [0.4, 0.5) is 5.69 Å². The van der Waals surface area contributed by atoms with Gasteiger partial charge in [-0.05, 0) is 36.1 Å². The van der Waals surface area contributed by atoms with Gasteiger partial charge in [0.15, 0.2) is 0 Å². The zero-order valence-corrected chi connectivity index (χ0v) is 18.1. The monoisotopic (exact) mass is 443 g/mol. The van der Waals surface area contributed by atoms with Crippen molar-refractivity contribution in [2.45, 2.75) is 12.8 Å². The van der Waals surface area contributed by atoms with Gasteiger partial charge in [0.05, 0.1) is 10.5 Å². The first-order chi connectivity index (χ1) is 16.0. The van der Waals surface area contributed by atoms with Crippen molar-refractivity contribution in [3.63, 3.8) is 0 Å². The van der Waals surface area contributed by atoms with Gasteiger partial charge < -0.3 is 10.6 Å². The van der Waals surface area contributed by atoms with Crippen LogP contribution in [0, 0.1) is 10.1 Å². The first-order valence-corrected chi connectivity index (χ1v) is 10.6. The summed E-state index contributed by atoms with van der Waals surface area (Å²) >= 11 is 0. The third-order valence-corrected chi connectivity index (χ3v) is 5.01. The molecule has 7 heteroatoms. The molecule has 0 saturated heterocycles. The van der Waals surface area contributed by atoms with E-state index in [0.29, 0.717) is 25.9 Å². The summed E-state index contributed by atoms with van der Waals surface area (Å²) in [5.41, 5.74) is 1.94. The number of carbonyl (C=O) groups is 2. The molecule has 0 unspecified atom stereocenters. The van der Waals surface area contributed by atoms with Gasteiger partial charge in [-0.15, -0.1) is 0 Å². The minimum absolute atomic E-state index is 0.176. The fourth-order valence-electron chi connectivity index (χ4n) is 3.29. The van der Waals surface area contributed by atoms with E-state index in [1.807, 2.05) is 60.7 Å². The fraction of sp³-hybridized carbons (Fsp3) is 0.154. The van der Waals surface area contributed by atoms with Crippen molar-refractivity contribution in [2.75, 3.05) is 13.1 Å². The Balaban J connectivity index is 1.74. The summed E-state index contributed by atoms with van der Waals surface area (Å²) in [5.74, 6) is -1.16. The van der Waals surface area contributed by atoms with Gasteiger partial charge >= 0.3 is 0 Å². The van der Waals surface area contributed by atoms with Gasteiger partial charge in [0.2, 0.25) is 0 Å². The van der Waals surface area contributed by atoms with Gasteiger partial charge in [0.1, 0.15) is 5.57 Å². The van der Waals surface area contributed by atoms with E-state index in [1.165, 1.54) is 24.3 Å². The molecule has 0 aliphatic rings. The molecule has 7 nitrogen and oxygen atoms in total. The molecule has 0 atom stereocenters. The molecule has 3 rings (SSSR count). The third kappa shape index (κ3) is 7.14. The molecular formula is C26H25N3O4. The maximum atomic E-state index is 12.9. The summed E-state index contributed by atoms with van der Waals surface area (Å²) in [4.78, 5) is 36.6. The number of amides is 2. The van der Waals surface area contributed by atoms with E-state index < -0.39 is 16.7 Å². The Bertz CT molecular complexity index is 1070. The number of nitro groups is 1. The highest BCUT2D eigenvalue weighted by Crippen LogP contribution is 2.21. The highest BCUT2D eigenvalue weighted by Gasteiger charge is 2.20. The van der Waals surface area contributed by atoms with Crippen LogP contribution >= 0.6 is 0 Å². The van der Waals surface area contributed by atoms with Crippen LogP contribution in [0.3, 0.4) is 0 Å². The predicted molar refractivity (Wildman–Crippen MR) is 127 cm³/mol. The van der Waals surface area contributed by atoms with E-state index >= 15 is 0 Å². The average molecular weight is 444 g/mol. The molecule has 3 aromatic rings. The van der Waals surface area contributed by atoms with Crippen molar-refractivity contribution in [2.24, 2.45) is 0 Å². The molecule has 0 bridgehead atoms. The van der Waals surface area contributed by atoms with Gasteiger partial charge in [-0.1, -0.05) is 72.8 Å². The van der Waals surface area contributed by atoms with Crippen molar-refractivity contribution in [1.29, 1.82) is 0 Å². The van der Waals surface area contributed by atoms with E-state index in [0.717, 1.165) is 11.1 Å². The molecule has 0 radical (unpaired) electrons. The quantitative estimate of drug-likeness (QED) is 0.164. The van der Waals surface area contributed by atoms with E-state index in [1.54, 1.807) is 6.07 Å². The van der Waals surface area contributed by atoms with Crippen molar-refractivity contribution >= 4 is 23.6 Å². The lowest BCUT2D eigenvalue weighted by Gasteiger charge is -2.11. The second kappa shape index (κ2) is 12.0. The molecule has 0 aliphatic heterocycles. The smallest absolute Gasteiger partial charge is 0.276 e. The molecule has 0 spiro atoms. The van der Waals surface area contributed by atoms with Crippen LogP contribution in [0.25, 0.3) is 6.08 Å². The Morgan fingerprint density at radius 3 is 1.67 bits per heavy atom. The lowest BCUT2D eigenvalue weighted by atomic mass is 10.1. The van der Waals surface area contributed by atoms with E-state index in [2.05, 4.69) is 10.6 Å². The molecule has 33 heavy (non-hydrogen) atoms. The number of para-hydroxylation sites is 1. The van der Waals surface area contributed by atoms with Crippen molar-refractivity contribution < 1.29 is 14.5 Å². The molecule has 0 aliphatic carbocycles. The molecule has 0 saturated carbocycles. The molecule has 0 fully saturated rings. The zero-order valence-electron chi connectivity index (χ0n) is 18.1. The standard InChI is InChI=1S/C26H25N3O4/c30-25(27-17-15-20-9-3-1-4-10-20)23(19-22-13-7-8-14-24(22)29(32)33)26(31)28-18-16-21-11-5-2-6-12-21/h1-14,19H,15-18H2,(H,27,30)(H,28,31). The van der Waals surface area contributed by atoms with Crippen molar-refractivity contribution in [1.82, 2.24) is 10.6 Å². The van der Waals surface area contributed by atoms with Crippen LogP contribution in [-0.2, 0) is 22.4 Å². The van der Waals surface area contributed by atoms with Gasteiger partial charge in [-0.2, -0.15) is 0 Å². The van der Waals surface area contributed by atoms with Gasteiger partial charge in [-0.25, -0.2) is 0 Å². The number of carbonyl (C=O) groups excluding carboxylic acids is 2. The topological polar surface area (TPSA) is 101 Å². The van der Waals surface area contributed by atoms with Crippen molar-refractivity contribution in [3.8, 4) is 0 Å². The predicted octanol–water partition coefficient (Wildman–Crippen LogP) is 3.70. The molecule has 2 N–H and O–H groups in total. The van der Waals surface area contributed by atoms with E-state index in [9.17, 15) is 19.7 Å². The normalized spacial score (nSPS) is 10.2. The molecule has 2 amide bonds. The van der Waals surface area contributed by atoms with Crippen LogP contribution in [0.15, 0.2) is 90.5 Å². The molecule has 0 aromatic heterocycles. The summed E-state index contributed by atoms with van der Waals surface area (Å²) in [6.45, 7) is 0.655. The van der Waals surface area contributed by atoms with Crippen LogP contribution in [0.5, 0.6) is 0 Å². The van der Waals surface area contributed by atoms with Crippen LogP contribution in [0.2, 0.25) is 0 Å². The number of nitrogens with zero attached hydrogens (tertiary/aromatic N) is 1. The highest BCUT2D eigenvalue weighted by atomic mass is 16.6. The summed E-state index contributed by atoms with van der Waals surface area (Å²) in [5, 5.41) is 16.9. The average Bonchev–Trinajstić information content (AvgIpc) is 2.84. The number of hydrogen-bond acceptors (Lipinski definition) is 4. The van der Waals surface area contributed by atoms with Gasteiger partial charge in [0.25, 0.3) is 17.5 Å². The Morgan fingerprint density at radius 2 is 1.18 bits per heavy atom. The van der Waals surface area contributed by atoms with Crippen LogP contribution in [0.1, 0.15) is 16.7 Å². The van der Waals surface area contributed by atoms with Gasteiger partial charge in [0, 0.05) is 19.2 Å². The fourth-order valence-corrected chi connectivity index (χ4v) is 3.29. The van der Waals surface area contributed by atoms with Crippen LogP contribution in [-0.4, -0.2) is 29.8 Å². The summed E-state index contributed by atoms with van der Waals surface area (Å²) < 4.78 is 0. The van der Waals surface area contributed by atoms with Gasteiger partial charge in [-0.3, -0.25) is 19.7 Å². The lowest BCUT2D eigenvalue weighted by Crippen LogP contribution is -2.36. The van der Waals surface area contributed by atoms with E-state index in [4.69, 9.17) is 0 Å². The number of nitrogens with one attached hydrogen (secondary N) is 2. The number of benzene rings is 3. The second-order valence-electron chi connectivity index (χ2n) is 7.36. The van der Waals surface area contributed by atoms with Crippen LogP contribution < -0.4 is 10.6 Å². The molecule has 0 heterocycles. The lowest BCUT2D eigenvalue weighted by molar-refractivity contribution is -0.385. The molecule has 3 aromatic carbocycles. The minimum Gasteiger partial charge on any atom is -0.352 e. The zero-order chi connectivity index (χ0) is 23.5. The minimum atomic E-state index is -0.582.